The van der Waals surface area contributed by atoms with Gasteiger partial charge in [-0.05, 0) is 26.0 Å². The van der Waals surface area contributed by atoms with Crippen LogP contribution in [0.5, 0.6) is 0 Å². The van der Waals surface area contributed by atoms with Crippen LogP contribution >= 0.6 is 0 Å². The first kappa shape index (κ1) is 15.4. The number of hydrogen-bond donors (Lipinski definition) is 0. The molecule has 1 fully saturated rings. The number of ether oxygens (including phenoxy) is 1. The highest BCUT2D eigenvalue weighted by atomic mass is 16.5. The monoisotopic (exact) mass is 313 g/mol. The van der Waals surface area contributed by atoms with Crippen molar-refractivity contribution in [2.45, 2.75) is 19.9 Å². The summed E-state index contributed by atoms with van der Waals surface area (Å²) in [4.78, 5) is 18.6. The van der Waals surface area contributed by atoms with Gasteiger partial charge >= 0.3 is 0 Å². The van der Waals surface area contributed by atoms with Crippen molar-refractivity contribution in [3.63, 3.8) is 0 Å². The van der Waals surface area contributed by atoms with E-state index in [0.29, 0.717) is 31.5 Å². The zero-order valence-corrected chi connectivity index (χ0v) is 13.2. The van der Waals surface area contributed by atoms with E-state index >= 15 is 0 Å². The molecule has 1 saturated heterocycles. The molecule has 1 aromatic carbocycles. The Kier molecular flexibility index (Phi) is 4.52. The minimum absolute atomic E-state index is 0.0515. The lowest BCUT2D eigenvalue weighted by Gasteiger charge is -2.33. The predicted octanol–water partition coefficient (Wildman–Crippen LogP) is 2.60. The van der Waals surface area contributed by atoms with Gasteiger partial charge in [0.2, 0.25) is 5.91 Å². The van der Waals surface area contributed by atoms with E-state index in [-0.39, 0.29) is 11.9 Å². The van der Waals surface area contributed by atoms with Crippen LogP contribution in [0, 0.1) is 0 Å². The van der Waals surface area contributed by atoms with Crippen LogP contribution in [0.25, 0.3) is 11.5 Å². The fourth-order valence-corrected chi connectivity index (χ4v) is 2.48. The zero-order chi connectivity index (χ0) is 16.2. The highest BCUT2D eigenvalue weighted by molar-refractivity contribution is 5.88. The minimum atomic E-state index is -0.326. The molecule has 0 unspecified atom stereocenters. The molecule has 0 spiro atoms. The Morgan fingerprint density at radius 2 is 2.09 bits per heavy atom. The van der Waals surface area contributed by atoms with E-state index in [1.54, 1.807) is 11.0 Å². The maximum Gasteiger partial charge on any atom is 0.257 e. The first-order valence-corrected chi connectivity index (χ1v) is 7.57. The molecular formula is C17H19N3O3. The van der Waals surface area contributed by atoms with E-state index in [1.165, 1.54) is 0 Å². The largest absolute Gasteiger partial charge is 0.377 e. The second-order valence-electron chi connectivity index (χ2n) is 5.67. The number of rotatable bonds is 3. The average Bonchev–Trinajstić information content (AvgIpc) is 3.05. The normalized spacial score (nSPS) is 17.8. The van der Waals surface area contributed by atoms with Crippen molar-refractivity contribution in [2.75, 3.05) is 19.8 Å². The fourth-order valence-electron chi connectivity index (χ4n) is 2.48. The number of amides is 1. The molecule has 1 amide bonds. The van der Waals surface area contributed by atoms with Crippen molar-refractivity contribution < 1.29 is 14.1 Å². The first-order chi connectivity index (χ1) is 11.1. The van der Waals surface area contributed by atoms with E-state index in [1.807, 2.05) is 44.2 Å². The minimum Gasteiger partial charge on any atom is -0.377 e. The van der Waals surface area contributed by atoms with Crippen molar-refractivity contribution in [2.24, 2.45) is 0 Å². The molecule has 3 rings (SSSR count). The Balaban J connectivity index is 1.85. The summed E-state index contributed by atoms with van der Waals surface area (Å²) < 4.78 is 10.8. The van der Waals surface area contributed by atoms with Gasteiger partial charge in [-0.15, -0.1) is 0 Å². The van der Waals surface area contributed by atoms with E-state index in [9.17, 15) is 4.79 Å². The number of carbonyl (C=O) groups is 1. The van der Waals surface area contributed by atoms with Crippen molar-refractivity contribution in [3.8, 4) is 11.5 Å². The number of nitrogens with zero attached hydrogens (tertiary/aromatic N) is 3. The van der Waals surface area contributed by atoms with Crippen LogP contribution in [-0.2, 0) is 9.53 Å². The van der Waals surface area contributed by atoms with E-state index < -0.39 is 0 Å². The van der Waals surface area contributed by atoms with E-state index in [2.05, 4.69) is 10.1 Å². The van der Waals surface area contributed by atoms with Crippen LogP contribution in [0.4, 0.5) is 0 Å². The SMILES string of the molecule is CC(C)=CC(=O)N1CCOC[C@@H]1c1noc(-c2ccccc2)n1. The van der Waals surface area contributed by atoms with Gasteiger partial charge in [0.15, 0.2) is 5.82 Å². The summed E-state index contributed by atoms with van der Waals surface area (Å²) in [6.07, 6.45) is 1.62. The number of allylic oxidation sites excluding steroid dienone is 1. The third kappa shape index (κ3) is 3.48. The van der Waals surface area contributed by atoms with Gasteiger partial charge in [0.1, 0.15) is 6.04 Å². The van der Waals surface area contributed by atoms with Crippen molar-refractivity contribution in [1.82, 2.24) is 15.0 Å². The molecule has 0 aliphatic carbocycles. The molecule has 1 atom stereocenters. The molecule has 0 saturated carbocycles. The number of aromatic nitrogens is 2. The molecular weight excluding hydrogens is 294 g/mol. The smallest absolute Gasteiger partial charge is 0.257 e. The quantitative estimate of drug-likeness (QED) is 0.815. The van der Waals surface area contributed by atoms with Gasteiger partial charge in [0, 0.05) is 18.2 Å². The molecule has 23 heavy (non-hydrogen) atoms. The summed E-state index contributed by atoms with van der Waals surface area (Å²) >= 11 is 0. The number of carbonyl (C=O) groups excluding carboxylic acids is 1. The molecule has 1 aromatic heterocycles. The molecule has 1 aliphatic rings. The highest BCUT2D eigenvalue weighted by Crippen LogP contribution is 2.25. The summed E-state index contributed by atoms with van der Waals surface area (Å²) in [6.45, 7) is 5.20. The number of hydrogen-bond acceptors (Lipinski definition) is 5. The fraction of sp³-hybridized carbons (Fsp3) is 0.353. The Morgan fingerprint density at radius 1 is 1.30 bits per heavy atom. The molecule has 6 nitrogen and oxygen atoms in total. The van der Waals surface area contributed by atoms with Crippen LogP contribution in [0.15, 0.2) is 46.5 Å². The number of benzene rings is 1. The van der Waals surface area contributed by atoms with Gasteiger partial charge < -0.3 is 14.2 Å². The topological polar surface area (TPSA) is 68.5 Å². The van der Waals surface area contributed by atoms with Crippen LogP contribution < -0.4 is 0 Å². The summed E-state index contributed by atoms with van der Waals surface area (Å²) in [5.41, 5.74) is 1.81. The molecule has 0 bridgehead atoms. The van der Waals surface area contributed by atoms with Crippen LogP contribution in [0.2, 0.25) is 0 Å². The lowest BCUT2D eigenvalue weighted by atomic mass is 10.2. The van der Waals surface area contributed by atoms with Gasteiger partial charge in [0.25, 0.3) is 5.89 Å². The predicted molar refractivity (Wildman–Crippen MR) is 84.4 cm³/mol. The maximum absolute atomic E-state index is 12.4. The van der Waals surface area contributed by atoms with Crippen molar-refractivity contribution in [3.05, 3.63) is 47.8 Å². The van der Waals surface area contributed by atoms with Gasteiger partial charge in [-0.1, -0.05) is 28.9 Å². The van der Waals surface area contributed by atoms with Gasteiger partial charge in [-0.2, -0.15) is 4.98 Å². The Labute approximate surface area is 134 Å². The van der Waals surface area contributed by atoms with Crippen LogP contribution in [0.3, 0.4) is 0 Å². The molecule has 6 heteroatoms. The highest BCUT2D eigenvalue weighted by Gasteiger charge is 2.31. The standard InChI is InChI=1S/C17H19N3O3/c1-12(2)10-15(21)20-8-9-22-11-14(20)16-18-17(23-19-16)13-6-4-3-5-7-13/h3-7,10,14H,8-9,11H2,1-2H3/t14-/m1/s1. The second-order valence-corrected chi connectivity index (χ2v) is 5.67. The summed E-state index contributed by atoms with van der Waals surface area (Å²) in [7, 11) is 0. The van der Waals surface area contributed by atoms with Gasteiger partial charge in [-0.3, -0.25) is 4.79 Å². The van der Waals surface area contributed by atoms with Gasteiger partial charge in [0.05, 0.1) is 13.2 Å². The molecule has 0 N–H and O–H groups in total. The maximum atomic E-state index is 12.4. The van der Waals surface area contributed by atoms with E-state index in [0.717, 1.165) is 11.1 Å². The Morgan fingerprint density at radius 3 is 2.83 bits per heavy atom. The summed E-state index contributed by atoms with van der Waals surface area (Å²) in [6, 6.07) is 9.23. The van der Waals surface area contributed by atoms with E-state index in [4.69, 9.17) is 9.26 Å². The third-order valence-corrected chi connectivity index (χ3v) is 3.58. The zero-order valence-electron chi connectivity index (χ0n) is 13.2. The molecule has 120 valence electrons. The molecule has 1 aliphatic heterocycles. The second kappa shape index (κ2) is 6.75. The lowest BCUT2D eigenvalue weighted by molar-refractivity contribution is -0.135. The number of morpholine rings is 1. The first-order valence-electron chi connectivity index (χ1n) is 7.57. The van der Waals surface area contributed by atoms with Crippen LogP contribution in [-0.4, -0.2) is 40.7 Å². The molecule has 2 aromatic rings. The summed E-state index contributed by atoms with van der Waals surface area (Å²) in [5.74, 6) is 0.865. The molecule has 2 heterocycles. The Bertz CT molecular complexity index is 705. The molecule has 0 radical (unpaired) electrons. The van der Waals surface area contributed by atoms with Crippen molar-refractivity contribution in [1.29, 1.82) is 0 Å². The lowest BCUT2D eigenvalue weighted by Crippen LogP contribution is -2.43. The third-order valence-electron chi connectivity index (χ3n) is 3.58. The Hall–Kier alpha value is -2.47. The van der Waals surface area contributed by atoms with Gasteiger partial charge in [-0.25, -0.2) is 0 Å². The average molecular weight is 313 g/mol. The van der Waals surface area contributed by atoms with Crippen LogP contribution in [0.1, 0.15) is 25.7 Å². The summed E-state index contributed by atoms with van der Waals surface area (Å²) in [5, 5.41) is 4.05. The van der Waals surface area contributed by atoms with Crippen molar-refractivity contribution >= 4 is 5.91 Å².